The number of ether oxygens (including phenoxy) is 1. The van der Waals surface area contributed by atoms with E-state index in [0.717, 1.165) is 10.0 Å². The number of hydrogen-bond donors (Lipinski definition) is 1. The Morgan fingerprint density at radius 3 is 2.71 bits per heavy atom. The Kier molecular flexibility index (Phi) is 2.84. The Labute approximate surface area is 90.6 Å². The Bertz CT molecular complexity index is 336. The highest BCUT2D eigenvalue weighted by atomic mass is 79.9. The Hall–Kier alpha value is -0.870. The second-order valence-corrected chi connectivity index (χ2v) is 4.08. The highest BCUT2D eigenvalue weighted by Gasteiger charge is 2.20. The quantitative estimate of drug-likeness (QED) is 0.776. The van der Waals surface area contributed by atoms with Crippen molar-refractivity contribution >= 4 is 21.9 Å². The van der Waals surface area contributed by atoms with Crippen LogP contribution in [-0.2, 0) is 9.53 Å². The van der Waals surface area contributed by atoms with E-state index in [1.54, 1.807) is 0 Å². The zero-order chi connectivity index (χ0) is 9.97. The predicted molar refractivity (Wildman–Crippen MR) is 55.8 cm³/mol. The molecule has 74 valence electrons. The molecule has 1 saturated heterocycles. The summed E-state index contributed by atoms with van der Waals surface area (Å²) >= 11 is 3.36. The van der Waals surface area contributed by atoms with Crippen LogP contribution in [0.3, 0.4) is 0 Å². The number of carbonyl (C=O) groups excluding carboxylic acids is 1. The zero-order valence-electron chi connectivity index (χ0n) is 7.50. The molecule has 0 amide bonds. The van der Waals surface area contributed by atoms with Gasteiger partial charge in [-0.15, -0.1) is 0 Å². The van der Waals surface area contributed by atoms with Crippen LogP contribution in [0.25, 0.3) is 0 Å². The van der Waals surface area contributed by atoms with Crippen LogP contribution in [0, 0.1) is 0 Å². The molecule has 14 heavy (non-hydrogen) atoms. The van der Waals surface area contributed by atoms with Gasteiger partial charge in [0, 0.05) is 11.0 Å². The van der Waals surface area contributed by atoms with Gasteiger partial charge in [0.25, 0.3) is 0 Å². The van der Waals surface area contributed by atoms with Gasteiger partial charge in [-0.2, -0.15) is 0 Å². The normalized spacial score (nSPS) is 21.8. The van der Waals surface area contributed by atoms with E-state index in [0.29, 0.717) is 13.1 Å². The van der Waals surface area contributed by atoms with E-state index in [4.69, 9.17) is 4.74 Å². The van der Waals surface area contributed by atoms with E-state index in [-0.39, 0.29) is 12.1 Å². The summed E-state index contributed by atoms with van der Waals surface area (Å²) in [5, 5.41) is 3.01. The summed E-state index contributed by atoms with van der Waals surface area (Å²) in [5.41, 5.74) is 1.02. The molecule has 1 aromatic rings. The van der Waals surface area contributed by atoms with E-state index in [2.05, 4.69) is 21.2 Å². The fraction of sp³-hybridized carbons (Fsp3) is 0.300. The standard InChI is InChI=1S/C10H10BrNO2/c11-8-3-1-7(2-4-8)9-5-12-6-10(13)14-9/h1-4,9,12H,5-6H2/t9-/m0/s1. The average Bonchev–Trinajstić information content (AvgIpc) is 2.19. The highest BCUT2D eigenvalue weighted by molar-refractivity contribution is 9.10. The largest absolute Gasteiger partial charge is 0.455 e. The van der Waals surface area contributed by atoms with Gasteiger partial charge in [-0.1, -0.05) is 28.1 Å². The summed E-state index contributed by atoms with van der Waals surface area (Å²) in [6.45, 7) is 1.00. The molecule has 1 aliphatic rings. The second kappa shape index (κ2) is 4.11. The van der Waals surface area contributed by atoms with Crippen LogP contribution >= 0.6 is 15.9 Å². The minimum atomic E-state index is -0.191. The molecule has 1 N–H and O–H groups in total. The van der Waals surface area contributed by atoms with Crippen LogP contribution in [0.1, 0.15) is 11.7 Å². The number of halogens is 1. The number of carbonyl (C=O) groups is 1. The lowest BCUT2D eigenvalue weighted by molar-refractivity contribution is -0.151. The van der Waals surface area contributed by atoms with E-state index < -0.39 is 0 Å². The summed E-state index contributed by atoms with van der Waals surface area (Å²) in [7, 11) is 0. The van der Waals surface area contributed by atoms with E-state index in [1.807, 2.05) is 24.3 Å². The summed E-state index contributed by atoms with van der Waals surface area (Å²) in [6, 6.07) is 7.79. The first-order valence-electron chi connectivity index (χ1n) is 4.41. The van der Waals surface area contributed by atoms with Gasteiger partial charge in [-0.05, 0) is 17.7 Å². The molecule has 0 bridgehead atoms. The number of esters is 1. The molecule has 1 fully saturated rings. The number of benzene rings is 1. The third-order valence-electron chi connectivity index (χ3n) is 2.11. The predicted octanol–water partition coefficient (Wildman–Crippen LogP) is 1.64. The van der Waals surface area contributed by atoms with Crippen molar-refractivity contribution in [1.82, 2.24) is 5.32 Å². The molecule has 3 nitrogen and oxygen atoms in total. The van der Waals surface area contributed by atoms with Crippen molar-refractivity contribution < 1.29 is 9.53 Å². The molecule has 1 aliphatic heterocycles. The molecule has 1 aromatic carbocycles. The maximum absolute atomic E-state index is 11.0. The SMILES string of the molecule is O=C1CNC[C@@H](c2ccc(Br)cc2)O1. The third-order valence-corrected chi connectivity index (χ3v) is 2.64. The summed E-state index contributed by atoms with van der Waals surface area (Å²) in [5.74, 6) is -0.191. The first kappa shape index (κ1) is 9.68. The zero-order valence-corrected chi connectivity index (χ0v) is 9.08. The first-order chi connectivity index (χ1) is 6.75. The molecule has 1 atom stereocenters. The Balaban J connectivity index is 2.14. The maximum atomic E-state index is 11.0. The molecular formula is C10H10BrNO2. The molecule has 0 aromatic heterocycles. The fourth-order valence-corrected chi connectivity index (χ4v) is 1.67. The van der Waals surface area contributed by atoms with Gasteiger partial charge in [-0.25, -0.2) is 0 Å². The number of hydrogen-bond acceptors (Lipinski definition) is 3. The molecule has 0 radical (unpaired) electrons. The topological polar surface area (TPSA) is 38.3 Å². The van der Waals surface area contributed by atoms with Crippen LogP contribution in [0.5, 0.6) is 0 Å². The van der Waals surface area contributed by atoms with Gasteiger partial charge in [0.15, 0.2) is 0 Å². The average molecular weight is 256 g/mol. The molecule has 0 spiro atoms. The van der Waals surface area contributed by atoms with Crippen molar-refractivity contribution in [3.8, 4) is 0 Å². The Morgan fingerprint density at radius 1 is 1.36 bits per heavy atom. The fourth-order valence-electron chi connectivity index (χ4n) is 1.41. The van der Waals surface area contributed by atoms with Crippen LogP contribution in [-0.4, -0.2) is 19.1 Å². The van der Waals surface area contributed by atoms with Crippen LogP contribution in [0.2, 0.25) is 0 Å². The second-order valence-electron chi connectivity index (χ2n) is 3.16. The van der Waals surface area contributed by atoms with E-state index in [1.165, 1.54) is 0 Å². The number of nitrogens with one attached hydrogen (secondary N) is 1. The van der Waals surface area contributed by atoms with Gasteiger partial charge in [-0.3, -0.25) is 4.79 Å². The first-order valence-corrected chi connectivity index (χ1v) is 5.20. The molecule has 0 aliphatic carbocycles. The third kappa shape index (κ3) is 2.13. The summed E-state index contributed by atoms with van der Waals surface area (Å²) in [6.07, 6.45) is -0.149. The molecule has 2 rings (SSSR count). The lowest BCUT2D eigenvalue weighted by Gasteiger charge is -2.23. The van der Waals surface area contributed by atoms with E-state index in [9.17, 15) is 4.79 Å². The van der Waals surface area contributed by atoms with Gasteiger partial charge in [0.1, 0.15) is 6.10 Å². The summed E-state index contributed by atoms with van der Waals surface area (Å²) < 4.78 is 6.22. The maximum Gasteiger partial charge on any atom is 0.320 e. The van der Waals surface area contributed by atoms with Gasteiger partial charge in [0.05, 0.1) is 6.54 Å². The molecule has 4 heteroatoms. The smallest absolute Gasteiger partial charge is 0.320 e. The number of morpholine rings is 1. The molecule has 1 heterocycles. The van der Waals surface area contributed by atoms with Crippen molar-refractivity contribution in [2.75, 3.05) is 13.1 Å². The van der Waals surface area contributed by atoms with Gasteiger partial charge < -0.3 is 10.1 Å². The monoisotopic (exact) mass is 255 g/mol. The lowest BCUT2D eigenvalue weighted by atomic mass is 10.1. The van der Waals surface area contributed by atoms with Gasteiger partial charge >= 0.3 is 5.97 Å². The van der Waals surface area contributed by atoms with Crippen molar-refractivity contribution in [2.24, 2.45) is 0 Å². The summed E-state index contributed by atoms with van der Waals surface area (Å²) in [4.78, 5) is 11.0. The van der Waals surface area contributed by atoms with Gasteiger partial charge in [0.2, 0.25) is 0 Å². The van der Waals surface area contributed by atoms with Crippen molar-refractivity contribution in [2.45, 2.75) is 6.10 Å². The minimum Gasteiger partial charge on any atom is -0.455 e. The lowest BCUT2D eigenvalue weighted by Crippen LogP contribution is -2.37. The van der Waals surface area contributed by atoms with Crippen LogP contribution in [0.15, 0.2) is 28.7 Å². The molecule has 0 saturated carbocycles. The number of cyclic esters (lactones) is 1. The van der Waals surface area contributed by atoms with Crippen LogP contribution < -0.4 is 5.32 Å². The van der Waals surface area contributed by atoms with Crippen molar-refractivity contribution in [3.63, 3.8) is 0 Å². The van der Waals surface area contributed by atoms with Crippen molar-refractivity contribution in [3.05, 3.63) is 34.3 Å². The Morgan fingerprint density at radius 2 is 2.07 bits per heavy atom. The number of rotatable bonds is 1. The molecular weight excluding hydrogens is 246 g/mol. The molecule has 0 unspecified atom stereocenters. The van der Waals surface area contributed by atoms with Crippen LogP contribution in [0.4, 0.5) is 0 Å². The highest BCUT2D eigenvalue weighted by Crippen LogP contribution is 2.21. The van der Waals surface area contributed by atoms with E-state index >= 15 is 0 Å². The van der Waals surface area contributed by atoms with Crippen molar-refractivity contribution in [1.29, 1.82) is 0 Å². The minimum absolute atomic E-state index is 0.149.